The van der Waals surface area contributed by atoms with Gasteiger partial charge in [0.15, 0.2) is 0 Å². The lowest BCUT2D eigenvalue weighted by Gasteiger charge is -2.16. The first-order chi connectivity index (χ1) is 5.33. The van der Waals surface area contributed by atoms with Crippen molar-refractivity contribution < 1.29 is 0 Å². The zero-order chi connectivity index (χ0) is 8.10. The molecular weight excluding hydrogens is 156 g/mol. The topological polar surface area (TPSA) is 15.6 Å². The Balaban J connectivity index is 2.37. The number of thioether (sulfide) groups is 1. The molecule has 1 fully saturated rings. The first kappa shape index (κ1) is 8.91. The van der Waals surface area contributed by atoms with Crippen LogP contribution in [0.5, 0.6) is 0 Å². The van der Waals surface area contributed by atoms with E-state index in [2.05, 4.69) is 12.0 Å². The molecule has 0 N–H and O–H groups in total. The second-order valence-electron chi connectivity index (χ2n) is 2.80. The Hall–Kier alpha value is -0.180. The van der Waals surface area contributed by atoms with Crippen LogP contribution in [0.15, 0.2) is 5.10 Å². The van der Waals surface area contributed by atoms with Gasteiger partial charge in [-0.2, -0.15) is 16.9 Å². The fraction of sp³-hybridized carbons (Fsp3) is 0.875. The molecule has 2 nitrogen and oxygen atoms in total. The molecule has 0 radical (unpaired) electrons. The fourth-order valence-electron chi connectivity index (χ4n) is 1.03. The van der Waals surface area contributed by atoms with Crippen molar-refractivity contribution in [1.29, 1.82) is 0 Å². The number of hydrogen-bond donors (Lipinski definition) is 0. The van der Waals surface area contributed by atoms with E-state index in [9.17, 15) is 0 Å². The predicted octanol–water partition coefficient (Wildman–Crippen LogP) is 1.82. The van der Waals surface area contributed by atoms with Crippen molar-refractivity contribution in [2.45, 2.75) is 19.8 Å². The van der Waals surface area contributed by atoms with Crippen molar-refractivity contribution in [1.82, 2.24) is 5.01 Å². The minimum absolute atomic E-state index is 1.01. The Morgan fingerprint density at radius 1 is 1.64 bits per heavy atom. The van der Waals surface area contributed by atoms with Gasteiger partial charge in [-0.15, -0.1) is 0 Å². The standard InChI is InChI=1S/C8H16N2S/c1-3-10(2)9-8-5-4-6-11-7-8/h3-7H2,1-2H3/b9-8+. The molecule has 1 heterocycles. The van der Waals surface area contributed by atoms with Crippen LogP contribution < -0.4 is 0 Å². The van der Waals surface area contributed by atoms with Gasteiger partial charge in [-0.3, -0.25) is 0 Å². The SMILES string of the molecule is CCN(C)/N=C1\CCCSC1. The van der Waals surface area contributed by atoms with Gasteiger partial charge in [0.1, 0.15) is 0 Å². The highest BCUT2D eigenvalue weighted by atomic mass is 32.2. The number of hydrazone groups is 1. The molecule has 64 valence electrons. The molecule has 0 spiro atoms. The lowest BCUT2D eigenvalue weighted by Crippen LogP contribution is -2.17. The average Bonchev–Trinajstić information content (AvgIpc) is 2.06. The molecule has 1 aliphatic rings. The summed E-state index contributed by atoms with van der Waals surface area (Å²) in [4.78, 5) is 0. The number of hydrogen-bond acceptors (Lipinski definition) is 3. The quantitative estimate of drug-likeness (QED) is 0.590. The normalized spacial score (nSPS) is 22.2. The molecule has 0 aromatic rings. The van der Waals surface area contributed by atoms with Crippen LogP contribution in [-0.2, 0) is 0 Å². The third-order valence-corrected chi connectivity index (χ3v) is 2.91. The van der Waals surface area contributed by atoms with Gasteiger partial charge >= 0.3 is 0 Å². The van der Waals surface area contributed by atoms with Gasteiger partial charge in [-0.25, -0.2) is 0 Å². The summed E-state index contributed by atoms with van der Waals surface area (Å²) < 4.78 is 0. The van der Waals surface area contributed by atoms with E-state index in [1.807, 2.05) is 23.8 Å². The zero-order valence-corrected chi connectivity index (χ0v) is 8.15. The molecule has 0 bridgehead atoms. The molecule has 1 aliphatic heterocycles. The molecule has 11 heavy (non-hydrogen) atoms. The van der Waals surface area contributed by atoms with Crippen LogP contribution in [0.25, 0.3) is 0 Å². The first-order valence-corrected chi connectivity index (χ1v) is 5.33. The van der Waals surface area contributed by atoms with Crippen LogP contribution in [0.1, 0.15) is 19.8 Å². The fourth-order valence-corrected chi connectivity index (χ4v) is 1.96. The Morgan fingerprint density at radius 3 is 3.00 bits per heavy atom. The van der Waals surface area contributed by atoms with Crippen molar-refractivity contribution >= 4 is 17.5 Å². The van der Waals surface area contributed by atoms with Gasteiger partial charge in [-0.1, -0.05) is 0 Å². The second kappa shape index (κ2) is 4.65. The summed E-state index contributed by atoms with van der Waals surface area (Å²) in [7, 11) is 2.03. The van der Waals surface area contributed by atoms with Crippen molar-refractivity contribution in [3.63, 3.8) is 0 Å². The highest BCUT2D eigenvalue weighted by Crippen LogP contribution is 2.14. The van der Waals surface area contributed by atoms with Gasteiger partial charge in [0.25, 0.3) is 0 Å². The zero-order valence-electron chi connectivity index (χ0n) is 7.34. The van der Waals surface area contributed by atoms with E-state index in [4.69, 9.17) is 0 Å². The molecule has 0 aliphatic carbocycles. The minimum atomic E-state index is 1.01. The number of nitrogens with zero attached hydrogens (tertiary/aromatic N) is 2. The smallest absolute Gasteiger partial charge is 0.0479 e. The first-order valence-electron chi connectivity index (χ1n) is 4.18. The molecule has 0 aromatic carbocycles. The highest BCUT2D eigenvalue weighted by molar-refractivity contribution is 8.00. The van der Waals surface area contributed by atoms with E-state index < -0.39 is 0 Å². The third kappa shape index (κ3) is 3.14. The molecule has 0 amide bonds. The van der Waals surface area contributed by atoms with Crippen LogP contribution in [0.4, 0.5) is 0 Å². The van der Waals surface area contributed by atoms with Crippen molar-refractivity contribution in [3.8, 4) is 0 Å². The van der Waals surface area contributed by atoms with Crippen LogP contribution in [-0.4, -0.2) is 35.8 Å². The summed E-state index contributed by atoms with van der Waals surface area (Å²) in [5, 5.41) is 6.50. The molecule has 0 saturated carbocycles. The van der Waals surface area contributed by atoms with Crippen molar-refractivity contribution in [2.75, 3.05) is 25.1 Å². The van der Waals surface area contributed by atoms with E-state index in [0.717, 1.165) is 12.3 Å². The van der Waals surface area contributed by atoms with Crippen molar-refractivity contribution in [2.24, 2.45) is 5.10 Å². The van der Waals surface area contributed by atoms with Gasteiger partial charge < -0.3 is 5.01 Å². The number of rotatable bonds is 2. The van der Waals surface area contributed by atoms with Crippen molar-refractivity contribution in [3.05, 3.63) is 0 Å². The van der Waals surface area contributed by atoms with Crippen LogP contribution in [0, 0.1) is 0 Å². The van der Waals surface area contributed by atoms with E-state index in [0.29, 0.717) is 0 Å². The Morgan fingerprint density at radius 2 is 2.45 bits per heavy atom. The van der Waals surface area contributed by atoms with Gasteiger partial charge in [0.05, 0.1) is 0 Å². The van der Waals surface area contributed by atoms with Gasteiger partial charge in [0, 0.05) is 25.1 Å². The Kier molecular flexibility index (Phi) is 3.77. The summed E-state index contributed by atoms with van der Waals surface area (Å²) >= 11 is 2.00. The Labute approximate surface area is 73.0 Å². The van der Waals surface area contributed by atoms with E-state index >= 15 is 0 Å². The molecule has 0 unspecified atom stereocenters. The van der Waals surface area contributed by atoms with E-state index in [1.54, 1.807) is 0 Å². The lowest BCUT2D eigenvalue weighted by molar-refractivity contribution is 0.374. The van der Waals surface area contributed by atoms with E-state index in [1.165, 1.54) is 24.3 Å². The maximum absolute atomic E-state index is 4.48. The van der Waals surface area contributed by atoms with Crippen LogP contribution >= 0.6 is 11.8 Å². The third-order valence-electron chi connectivity index (χ3n) is 1.79. The molecule has 3 heteroatoms. The summed E-state index contributed by atoms with van der Waals surface area (Å²) in [6.45, 7) is 3.13. The maximum atomic E-state index is 4.48. The Bertz CT molecular complexity index is 137. The van der Waals surface area contributed by atoms with Gasteiger partial charge in [-0.05, 0) is 25.5 Å². The van der Waals surface area contributed by atoms with E-state index in [-0.39, 0.29) is 0 Å². The summed E-state index contributed by atoms with van der Waals surface area (Å²) in [5.41, 5.74) is 1.37. The predicted molar refractivity (Wildman–Crippen MR) is 52.3 cm³/mol. The average molecular weight is 172 g/mol. The molecule has 0 aromatic heterocycles. The molecular formula is C8H16N2S. The molecule has 0 atom stereocenters. The second-order valence-corrected chi connectivity index (χ2v) is 3.90. The van der Waals surface area contributed by atoms with Crippen LogP contribution in [0.2, 0.25) is 0 Å². The summed E-state index contributed by atoms with van der Waals surface area (Å²) in [5.74, 6) is 2.46. The lowest BCUT2D eigenvalue weighted by atomic mass is 10.2. The largest absolute Gasteiger partial charge is 0.300 e. The maximum Gasteiger partial charge on any atom is 0.0479 e. The van der Waals surface area contributed by atoms with Gasteiger partial charge in [0.2, 0.25) is 0 Å². The molecule has 1 rings (SSSR count). The molecule has 1 saturated heterocycles. The minimum Gasteiger partial charge on any atom is -0.300 e. The van der Waals surface area contributed by atoms with Crippen LogP contribution in [0.3, 0.4) is 0 Å². The summed E-state index contributed by atoms with van der Waals surface area (Å²) in [6.07, 6.45) is 2.51. The highest BCUT2D eigenvalue weighted by Gasteiger charge is 2.06. The summed E-state index contributed by atoms with van der Waals surface area (Å²) in [6, 6.07) is 0. The monoisotopic (exact) mass is 172 g/mol.